The fraction of sp³-hybridized carbons (Fsp3) is 0.238. The molecule has 1 aliphatic heterocycles. The van der Waals surface area contributed by atoms with Crippen molar-refractivity contribution in [1.29, 1.82) is 0 Å². The number of hydrogen-bond donors (Lipinski definition) is 1. The lowest BCUT2D eigenvalue weighted by Gasteiger charge is -2.14. The first-order valence-electron chi connectivity index (χ1n) is 9.07. The first-order valence-corrected chi connectivity index (χ1v) is 9.07. The first-order chi connectivity index (χ1) is 13.9. The van der Waals surface area contributed by atoms with Gasteiger partial charge < -0.3 is 19.5 Å². The summed E-state index contributed by atoms with van der Waals surface area (Å²) in [6, 6.07) is 9.97. The number of nitrogens with one attached hydrogen (secondary N) is 1. The van der Waals surface area contributed by atoms with Crippen LogP contribution in [0, 0.1) is 13.8 Å². The topological polar surface area (TPSA) is 99.6 Å². The van der Waals surface area contributed by atoms with Gasteiger partial charge >= 0.3 is 5.97 Å². The van der Waals surface area contributed by atoms with Gasteiger partial charge in [0.1, 0.15) is 0 Å². The van der Waals surface area contributed by atoms with Crippen molar-refractivity contribution >= 4 is 28.6 Å². The molecule has 1 atom stereocenters. The molecule has 0 bridgehead atoms. The van der Waals surface area contributed by atoms with Crippen LogP contribution in [0.25, 0.3) is 11.0 Å². The maximum Gasteiger partial charge on any atom is 0.338 e. The van der Waals surface area contributed by atoms with Crippen LogP contribution in [0.1, 0.15) is 28.7 Å². The average molecular weight is 393 g/mol. The molecule has 0 unspecified atom stereocenters. The number of hydrogen-bond acceptors (Lipinski definition) is 7. The molecule has 2 heterocycles. The largest absolute Gasteiger partial charge is 0.454 e. The molecule has 2 aromatic carbocycles. The van der Waals surface area contributed by atoms with E-state index in [0.29, 0.717) is 33.8 Å². The summed E-state index contributed by atoms with van der Waals surface area (Å²) in [5.41, 5.74) is 3.74. The van der Waals surface area contributed by atoms with Crippen LogP contribution in [0.2, 0.25) is 0 Å². The van der Waals surface area contributed by atoms with E-state index in [9.17, 15) is 9.59 Å². The minimum Gasteiger partial charge on any atom is -0.454 e. The fourth-order valence-electron chi connectivity index (χ4n) is 2.86. The van der Waals surface area contributed by atoms with Crippen molar-refractivity contribution < 1.29 is 23.8 Å². The van der Waals surface area contributed by atoms with Gasteiger partial charge in [-0.3, -0.25) is 4.79 Å². The number of carbonyl (C=O) groups excluding carboxylic acids is 2. The molecule has 1 aliphatic rings. The highest BCUT2D eigenvalue weighted by atomic mass is 16.7. The first kappa shape index (κ1) is 18.7. The SMILES string of the molecule is Cc1nc2ccc(C(=O)O[C@@H](C)C(=O)Nc3ccc4c(c3)OCO4)cc2nc1C. The number of amides is 1. The fourth-order valence-corrected chi connectivity index (χ4v) is 2.86. The molecule has 0 spiro atoms. The lowest BCUT2D eigenvalue weighted by atomic mass is 10.2. The maximum atomic E-state index is 12.5. The summed E-state index contributed by atoms with van der Waals surface area (Å²) in [7, 11) is 0. The smallest absolute Gasteiger partial charge is 0.338 e. The van der Waals surface area contributed by atoms with Crippen LogP contribution in [0.4, 0.5) is 5.69 Å². The molecule has 148 valence electrons. The summed E-state index contributed by atoms with van der Waals surface area (Å²) in [5.74, 6) is 0.104. The van der Waals surface area contributed by atoms with E-state index in [1.165, 1.54) is 6.92 Å². The van der Waals surface area contributed by atoms with Crippen LogP contribution in [0.5, 0.6) is 11.5 Å². The van der Waals surface area contributed by atoms with Crippen molar-refractivity contribution in [2.45, 2.75) is 26.9 Å². The number of fused-ring (bicyclic) bond motifs is 2. The molecule has 1 aromatic heterocycles. The summed E-state index contributed by atoms with van der Waals surface area (Å²) >= 11 is 0. The number of ether oxygens (including phenoxy) is 3. The van der Waals surface area contributed by atoms with Gasteiger partial charge in [0.2, 0.25) is 6.79 Å². The summed E-state index contributed by atoms with van der Waals surface area (Å²) in [4.78, 5) is 33.7. The quantitative estimate of drug-likeness (QED) is 0.680. The zero-order valence-electron chi connectivity index (χ0n) is 16.2. The predicted molar refractivity (Wildman–Crippen MR) is 105 cm³/mol. The van der Waals surface area contributed by atoms with Gasteiger partial charge in [-0.05, 0) is 51.1 Å². The number of aromatic nitrogens is 2. The molecule has 0 saturated heterocycles. The second kappa shape index (κ2) is 7.38. The van der Waals surface area contributed by atoms with Gasteiger partial charge in [-0.15, -0.1) is 0 Å². The van der Waals surface area contributed by atoms with Crippen molar-refractivity contribution in [1.82, 2.24) is 9.97 Å². The zero-order valence-corrected chi connectivity index (χ0v) is 16.2. The van der Waals surface area contributed by atoms with Gasteiger partial charge in [0.05, 0.1) is 28.0 Å². The molecule has 29 heavy (non-hydrogen) atoms. The summed E-state index contributed by atoms with van der Waals surface area (Å²) in [5, 5.41) is 2.70. The summed E-state index contributed by atoms with van der Waals surface area (Å²) in [6.45, 7) is 5.39. The molecule has 0 aliphatic carbocycles. The van der Waals surface area contributed by atoms with Crippen molar-refractivity contribution in [3.63, 3.8) is 0 Å². The van der Waals surface area contributed by atoms with E-state index in [2.05, 4.69) is 15.3 Å². The van der Waals surface area contributed by atoms with E-state index in [4.69, 9.17) is 14.2 Å². The summed E-state index contributed by atoms with van der Waals surface area (Å²) in [6.07, 6.45) is -0.991. The van der Waals surface area contributed by atoms with E-state index in [-0.39, 0.29) is 6.79 Å². The normalized spacial score (nSPS) is 13.2. The number of benzene rings is 2. The Morgan fingerprint density at radius 1 is 1.00 bits per heavy atom. The molecule has 1 amide bonds. The Morgan fingerprint density at radius 2 is 1.72 bits per heavy atom. The Kier molecular flexibility index (Phi) is 4.75. The van der Waals surface area contributed by atoms with E-state index in [1.807, 2.05) is 13.8 Å². The monoisotopic (exact) mass is 393 g/mol. The van der Waals surface area contributed by atoms with E-state index in [0.717, 1.165) is 11.4 Å². The molecule has 0 saturated carbocycles. The average Bonchev–Trinajstić information content (AvgIpc) is 3.16. The molecule has 4 rings (SSSR count). The highest BCUT2D eigenvalue weighted by Gasteiger charge is 2.21. The highest BCUT2D eigenvalue weighted by Crippen LogP contribution is 2.34. The van der Waals surface area contributed by atoms with Crippen LogP contribution in [0.3, 0.4) is 0 Å². The van der Waals surface area contributed by atoms with Crippen LogP contribution in [0.15, 0.2) is 36.4 Å². The number of anilines is 1. The van der Waals surface area contributed by atoms with Gasteiger partial charge in [-0.25, -0.2) is 14.8 Å². The van der Waals surface area contributed by atoms with Crippen molar-refractivity contribution in [2.75, 3.05) is 12.1 Å². The van der Waals surface area contributed by atoms with Crippen LogP contribution in [-0.2, 0) is 9.53 Å². The van der Waals surface area contributed by atoms with Gasteiger partial charge in [0, 0.05) is 11.8 Å². The molecule has 8 nitrogen and oxygen atoms in total. The van der Waals surface area contributed by atoms with Crippen LogP contribution < -0.4 is 14.8 Å². The third-order valence-electron chi connectivity index (χ3n) is 4.60. The lowest BCUT2D eigenvalue weighted by Crippen LogP contribution is -2.30. The Balaban J connectivity index is 1.44. The molecule has 1 N–H and O–H groups in total. The third-order valence-corrected chi connectivity index (χ3v) is 4.60. The van der Waals surface area contributed by atoms with Gasteiger partial charge in [0.15, 0.2) is 17.6 Å². The number of aryl methyl sites for hydroxylation is 2. The molecule has 3 aromatic rings. The number of carbonyl (C=O) groups is 2. The molecular formula is C21H19N3O5. The maximum absolute atomic E-state index is 12.5. The molecule has 8 heteroatoms. The Morgan fingerprint density at radius 3 is 2.52 bits per heavy atom. The second-order valence-electron chi connectivity index (χ2n) is 6.70. The second-order valence-corrected chi connectivity index (χ2v) is 6.70. The van der Waals surface area contributed by atoms with Crippen molar-refractivity contribution in [3.05, 3.63) is 53.3 Å². The minimum absolute atomic E-state index is 0.149. The Bertz CT molecular complexity index is 1130. The highest BCUT2D eigenvalue weighted by molar-refractivity contribution is 5.98. The molecule has 0 fully saturated rings. The van der Waals surface area contributed by atoms with Crippen LogP contribution in [-0.4, -0.2) is 34.7 Å². The summed E-state index contributed by atoms with van der Waals surface area (Å²) < 4.78 is 15.8. The Hall–Kier alpha value is -3.68. The van der Waals surface area contributed by atoms with Gasteiger partial charge in [-0.2, -0.15) is 0 Å². The number of nitrogens with zero attached hydrogens (tertiary/aromatic N) is 2. The number of rotatable bonds is 4. The Labute approximate surface area is 166 Å². The minimum atomic E-state index is -0.991. The number of esters is 1. The molecule has 0 radical (unpaired) electrons. The van der Waals surface area contributed by atoms with Crippen LogP contribution >= 0.6 is 0 Å². The van der Waals surface area contributed by atoms with E-state index >= 15 is 0 Å². The standard InChI is InChI=1S/C21H19N3O5/c1-11-12(2)23-17-8-14(4-6-16(17)22-11)21(26)29-13(3)20(25)24-15-5-7-18-19(9-15)28-10-27-18/h4-9,13H,10H2,1-3H3,(H,24,25)/t13-/m0/s1. The van der Waals surface area contributed by atoms with Gasteiger partial charge in [-0.1, -0.05) is 0 Å². The van der Waals surface area contributed by atoms with Crippen molar-refractivity contribution in [3.8, 4) is 11.5 Å². The van der Waals surface area contributed by atoms with Gasteiger partial charge in [0.25, 0.3) is 5.91 Å². The van der Waals surface area contributed by atoms with Crippen molar-refractivity contribution in [2.24, 2.45) is 0 Å². The van der Waals surface area contributed by atoms with E-state index in [1.54, 1.807) is 36.4 Å². The van der Waals surface area contributed by atoms with E-state index < -0.39 is 18.0 Å². The third kappa shape index (κ3) is 3.82. The lowest BCUT2D eigenvalue weighted by molar-refractivity contribution is -0.123. The molecular weight excluding hydrogens is 374 g/mol. The zero-order chi connectivity index (χ0) is 20.5. The predicted octanol–water partition coefficient (Wildman–Crippen LogP) is 3.16.